The number of piperidine rings is 1. The molecule has 1 fully saturated rings. The summed E-state index contributed by atoms with van der Waals surface area (Å²) < 4.78 is 18.6. The first kappa shape index (κ1) is 16.7. The Morgan fingerprint density at radius 3 is 2.79 bits per heavy atom. The van der Waals surface area contributed by atoms with Crippen molar-refractivity contribution in [2.24, 2.45) is 5.92 Å². The van der Waals surface area contributed by atoms with Crippen LogP contribution in [0.4, 0.5) is 4.39 Å². The van der Waals surface area contributed by atoms with Crippen molar-refractivity contribution in [1.29, 1.82) is 0 Å². The molecule has 1 N–H and O–H groups in total. The van der Waals surface area contributed by atoms with Gasteiger partial charge in [-0.2, -0.15) is 0 Å². The first-order valence-corrected chi connectivity index (χ1v) is 8.41. The van der Waals surface area contributed by atoms with Gasteiger partial charge in [0.25, 0.3) is 5.91 Å². The first-order valence-electron chi connectivity index (χ1n) is 8.41. The molecule has 128 valence electrons. The van der Waals surface area contributed by atoms with Crippen molar-refractivity contribution in [3.63, 3.8) is 0 Å². The number of hydrogen-bond donors (Lipinski definition) is 1. The maximum atomic E-state index is 12.9. The molecule has 1 aliphatic rings. The fraction of sp³-hybridized carbons (Fsp3) is 0.421. The highest BCUT2D eigenvalue weighted by Crippen LogP contribution is 2.19. The Morgan fingerprint density at radius 1 is 1.29 bits per heavy atom. The Labute approximate surface area is 141 Å². The van der Waals surface area contributed by atoms with E-state index < -0.39 is 0 Å². The van der Waals surface area contributed by atoms with E-state index in [2.05, 4.69) is 10.2 Å². The number of nitrogens with zero attached hydrogens (tertiary/aromatic N) is 1. The van der Waals surface area contributed by atoms with Crippen molar-refractivity contribution in [1.82, 2.24) is 10.2 Å². The lowest BCUT2D eigenvalue weighted by Gasteiger charge is -2.32. The van der Waals surface area contributed by atoms with Crippen molar-refractivity contribution in [3.05, 3.63) is 59.3 Å². The van der Waals surface area contributed by atoms with Gasteiger partial charge in [0, 0.05) is 18.7 Å². The minimum atomic E-state index is -0.331. The van der Waals surface area contributed by atoms with Gasteiger partial charge in [0.1, 0.15) is 17.3 Å². The van der Waals surface area contributed by atoms with Gasteiger partial charge in [-0.25, -0.2) is 4.39 Å². The van der Waals surface area contributed by atoms with Crippen LogP contribution < -0.4 is 5.32 Å². The van der Waals surface area contributed by atoms with Crippen molar-refractivity contribution in [2.75, 3.05) is 19.6 Å². The number of benzene rings is 1. The third kappa shape index (κ3) is 4.45. The summed E-state index contributed by atoms with van der Waals surface area (Å²) in [6.07, 6.45) is 2.23. The molecule has 0 aliphatic carbocycles. The van der Waals surface area contributed by atoms with Crippen LogP contribution in [0.1, 0.15) is 34.7 Å². The molecule has 4 nitrogen and oxygen atoms in total. The fourth-order valence-electron chi connectivity index (χ4n) is 3.19. The van der Waals surface area contributed by atoms with Gasteiger partial charge in [-0.15, -0.1) is 0 Å². The summed E-state index contributed by atoms with van der Waals surface area (Å²) in [6, 6.07) is 9.65. The topological polar surface area (TPSA) is 45.5 Å². The monoisotopic (exact) mass is 330 g/mol. The number of furan rings is 1. The second-order valence-electron chi connectivity index (χ2n) is 6.47. The van der Waals surface area contributed by atoms with Crippen LogP contribution in [0.3, 0.4) is 0 Å². The largest absolute Gasteiger partial charge is 0.465 e. The Bertz CT molecular complexity index is 681. The highest BCUT2D eigenvalue weighted by Gasteiger charge is 2.21. The van der Waals surface area contributed by atoms with Gasteiger partial charge < -0.3 is 9.73 Å². The van der Waals surface area contributed by atoms with E-state index in [4.69, 9.17) is 4.42 Å². The SMILES string of the molecule is Cc1ccc(CN2CCC[C@H](CNC(=O)c3ccc(F)cc3)C2)o1. The van der Waals surface area contributed by atoms with Crippen LogP contribution in [0.2, 0.25) is 0 Å². The molecule has 5 heteroatoms. The molecule has 1 aliphatic heterocycles. The van der Waals surface area contributed by atoms with E-state index in [1.54, 1.807) is 0 Å². The molecule has 0 saturated carbocycles. The predicted molar refractivity (Wildman–Crippen MR) is 90.2 cm³/mol. The first-order chi connectivity index (χ1) is 11.6. The molecule has 0 radical (unpaired) electrons. The van der Waals surface area contributed by atoms with Crippen LogP contribution >= 0.6 is 0 Å². The molecule has 1 amide bonds. The third-order valence-electron chi connectivity index (χ3n) is 4.44. The normalized spacial score (nSPS) is 18.5. The zero-order valence-electron chi connectivity index (χ0n) is 13.9. The van der Waals surface area contributed by atoms with Crippen molar-refractivity contribution >= 4 is 5.91 Å². The maximum absolute atomic E-state index is 12.9. The summed E-state index contributed by atoms with van der Waals surface area (Å²) in [6.45, 7) is 5.42. The Balaban J connectivity index is 1.48. The zero-order valence-corrected chi connectivity index (χ0v) is 13.9. The summed E-state index contributed by atoms with van der Waals surface area (Å²) in [5.74, 6) is 1.88. The third-order valence-corrected chi connectivity index (χ3v) is 4.44. The molecule has 1 aromatic heterocycles. The lowest BCUT2D eigenvalue weighted by Crippen LogP contribution is -2.40. The minimum Gasteiger partial charge on any atom is -0.465 e. The van der Waals surface area contributed by atoms with E-state index >= 15 is 0 Å². The molecule has 0 unspecified atom stereocenters. The standard InChI is InChI=1S/C19H23FN2O2/c1-14-4-9-18(24-14)13-22-10-2-3-15(12-22)11-21-19(23)16-5-7-17(20)8-6-16/h4-9,15H,2-3,10-13H2,1H3,(H,21,23)/t15-/m1/s1. The van der Waals surface area contributed by atoms with Gasteiger partial charge in [0.2, 0.25) is 0 Å². The van der Waals surface area contributed by atoms with E-state index in [9.17, 15) is 9.18 Å². The molecule has 2 heterocycles. The lowest BCUT2D eigenvalue weighted by atomic mass is 9.97. The number of halogens is 1. The van der Waals surface area contributed by atoms with Crippen molar-refractivity contribution in [3.8, 4) is 0 Å². The van der Waals surface area contributed by atoms with Gasteiger partial charge in [-0.05, 0) is 68.6 Å². The predicted octanol–water partition coefficient (Wildman–Crippen LogP) is 3.37. The van der Waals surface area contributed by atoms with E-state index in [0.717, 1.165) is 44.0 Å². The minimum absolute atomic E-state index is 0.145. The molecule has 1 atom stereocenters. The second-order valence-corrected chi connectivity index (χ2v) is 6.47. The number of carbonyl (C=O) groups excluding carboxylic acids is 1. The van der Waals surface area contributed by atoms with Crippen LogP contribution in [-0.4, -0.2) is 30.4 Å². The second kappa shape index (κ2) is 7.62. The molecular weight excluding hydrogens is 307 g/mol. The summed E-state index contributed by atoms with van der Waals surface area (Å²) in [4.78, 5) is 14.5. The molecule has 0 spiro atoms. The molecular formula is C19H23FN2O2. The number of nitrogens with one attached hydrogen (secondary N) is 1. The molecule has 24 heavy (non-hydrogen) atoms. The number of rotatable bonds is 5. The Hall–Kier alpha value is -2.14. The number of likely N-dealkylation sites (tertiary alicyclic amines) is 1. The lowest BCUT2D eigenvalue weighted by molar-refractivity contribution is 0.0928. The van der Waals surface area contributed by atoms with Crippen LogP contribution in [0.15, 0.2) is 40.8 Å². The van der Waals surface area contributed by atoms with Crippen LogP contribution in [0, 0.1) is 18.7 Å². The van der Waals surface area contributed by atoms with Crippen molar-refractivity contribution < 1.29 is 13.6 Å². The van der Waals surface area contributed by atoms with E-state index in [1.165, 1.54) is 24.3 Å². The van der Waals surface area contributed by atoms with Crippen molar-refractivity contribution in [2.45, 2.75) is 26.3 Å². The van der Waals surface area contributed by atoms with Gasteiger partial charge >= 0.3 is 0 Å². The summed E-state index contributed by atoms with van der Waals surface area (Å²) >= 11 is 0. The van der Waals surface area contributed by atoms with E-state index in [-0.39, 0.29) is 11.7 Å². The van der Waals surface area contributed by atoms with Crippen LogP contribution in [-0.2, 0) is 6.54 Å². The molecule has 1 saturated heterocycles. The van der Waals surface area contributed by atoms with E-state index in [0.29, 0.717) is 18.0 Å². The molecule has 1 aromatic carbocycles. The number of amides is 1. The molecule has 3 rings (SSSR count). The Morgan fingerprint density at radius 2 is 2.08 bits per heavy atom. The highest BCUT2D eigenvalue weighted by molar-refractivity contribution is 5.94. The summed E-state index contributed by atoms with van der Waals surface area (Å²) in [5.41, 5.74) is 0.495. The van der Waals surface area contributed by atoms with Gasteiger partial charge in [0.05, 0.1) is 6.54 Å². The average Bonchev–Trinajstić information content (AvgIpc) is 2.98. The zero-order chi connectivity index (χ0) is 16.9. The van der Waals surface area contributed by atoms with Crippen LogP contribution in [0.5, 0.6) is 0 Å². The molecule has 0 bridgehead atoms. The van der Waals surface area contributed by atoms with Gasteiger partial charge in [-0.3, -0.25) is 9.69 Å². The number of carbonyl (C=O) groups is 1. The summed E-state index contributed by atoms with van der Waals surface area (Å²) in [7, 11) is 0. The summed E-state index contributed by atoms with van der Waals surface area (Å²) in [5, 5.41) is 2.97. The van der Waals surface area contributed by atoms with Gasteiger partial charge in [-0.1, -0.05) is 0 Å². The Kier molecular flexibility index (Phi) is 5.30. The maximum Gasteiger partial charge on any atom is 0.251 e. The fourth-order valence-corrected chi connectivity index (χ4v) is 3.19. The smallest absolute Gasteiger partial charge is 0.251 e. The average molecular weight is 330 g/mol. The van der Waals surface area contributed by atoms with Gasteiger partial charge in [0.15, 0.2) is 0 Å². The van der Waals surface area contributed by atoms with E-state index in [1.807, 2.05) is 19.1 Å². The number of hydrogen-bond acceptors (Lipinski definition) is 3. The quantitative estimate of drug-likeness (QED) is 0.914. The molecule has 2 aromatic rings. The van der Waals surface area contributed by atoms with Crippen LogP contribution in [0.25, 0.3) is 0 Å². The number of aryl methyl sites for hydroxylation is 1. The highest BCUT2D eigenvalue weighted by atomic mass is 19.1.